The van der Waals surface area contributed by atoms with Gasteiger partial charge in [-0.3, -0.25) is 19.7 Å². The summed E-state index contributed by atoms with van der Waals surface area (Å²) in [6.07, 6.45) is 0.456. The number of hydrogen-bond donors (Lipinski definition) is 1. The minimum Gasteiger partial charge on any atom is -0.296 e. The van der Waals surface area contributed by atoms with E-state index in [1.807, 2.05) is 13.8 Å². The highest BCUT2D eigenvalue weighted by atomic mass is 32.2. The Morgan fingerprint density at radius 1 is 1.29 bits per heavy atom. The molecular formula is C9H15NO3S. The molecule has 0 bridgehead atoms. The predicted molar refractivity (Wildman–Crippen MR) is 55.7 cm³/mol. The summed E-state index contributed by atoms with van der Waals surface area (Å²) in [7, 11) is 0. The molecule has 0 aromatic carbocycles. The first-order valence-electron chi connectivity index (χ1n) is 4.38. The van der Waals surface area contributed by atoms with E-state index in [4.69, 9.17) is 0 Å². The Labute approximate surface area is 87.8 Å². The summed E-state index contributed by atoms with van der Waals surface area (Å²) in [5.41, 5.74) is 0. The topological polar surface area (TPSA) is 63.2 Å². The predicted octanol–water partition coefficient (Wildman–Crippen LogP) is 0.955. The molecule has 80 valence electrons. The molecule has 0 atom stereocenters. The molecule has 1 N–H and O–H groups in total. The molecular weight excluding hydrogens is 202 g/mol. The van der Waals surface area contributed by atoms with E-state index in [0.717, 1.165) is 11.8 Å². The number of carbonyl (C=O) groups is 3. The summed E-state index contributed by atoms with van der Waals surface area (Å²) in [6.45, 7) is 5.14. The summed E-state index contributed by atoms with van der Waals surface area (Å²) < 4.78 is 0. The van der Waals surface area contributed by atoms with E-state index in [-0.39, 0.29) is 10.9 Å². The molecule has 4 nitrogen and oxygen atoms in total. The van der Waals surface area contributed by atoms with E-state index >= 15 is 0 Å². The third-order valence-corrected chi connectivity index (χ3v) is 2.15. The van der Waals surface area contributed by atoms with Gasteiger partial charge in [-0.25, -0.2) is 0 Å². The summed E-state index contributed by atoms with van der Waals surface area (Å²) in [5.74, 6) is -0.497. The summed E-state index contributed by atoms with van der Waals surface area (Å²) in [5, 5.41) is 2.09. The van der Waals surface area contributed by atoms with E-state index in [1.54, 1.807) is 0 Å². The lowest BCUT2D eigenvalue weighted by Gasteiger charge is -2.02. The summed E-state index contributed by atoms with van der Waals surface area (Å²) >= 11 is 0.952. The van der Waals surface area contributed by atoms with E-state index in [2.05, 4.69) is 5.32 Å². The normalized spacial score (nSPS) is 10.0. The zero-order valence-corrected chi connectivity index (χ0v) is 9.44. The van der Waals surface area contributed by atoms with Crippen molar-refractivity contribution in [3.05, 3.63) is 0 Å². The number of nitrogens with one attached hydrogen (secondary N) is 1. The van der Waals surface area contributed by atoms with Gasteiger partial charge >= 0.3 is 0 Å². The molecule has 0 fully saturated rings. The largest absolute Gasteiger partial charge is 0.296 e. The number of imide groups is 1. The smallest absolute Gasteiger partial charge is 0.237 e. The van der Waals surface area contributed by atoms with E-state index in [9.17, 15) is 14.4 Å². The molecule has 0 heterocycles. The first-order valence-corrected chi connectivity index (χ1v) is 5.36. The molecule has 0 radical (unpaired) electrons. The zero-order chi connectivity index (χ0) is 11.1. The van der Waals surface area contributed by atoms with Gasteiger partial charge in [0.2, 0.25) is 11.8 Å². The highest BCUT2D eigenvalue weighted by Gasteiger charge is 2.09. The second-order valence-corrected chi connectivity index (χ2v) is 4.40. The van der Waals surface area contributed by atoms with Crippen molar-refractivity contribution in [1.29, 1.82) is 0 Å². The lowest BCUT2D eigenvalue weighted by molar-refractivity contribution is -0.127. The third-order valence-electron chi connectivity index (χ3n) is 1.25. The maximum Gasteiger partial charge on any atom is 0.237 e. The molecule has 5 heteroatoms. The van der Waals surface area contributed by atoms with Crippen LogP contribution >= 0.6 is 11.8 Å². The maximum atomic E-state index is 11.1. The molecule has 0 aromatic heterocycles. The van der Waals surface area contributed by atoms with Gasteiger partial charge < -0.3 is 0 Å². The SMILES string of the molecule is CC(=O)NC(=O)CSC(=O)CC(C)C. The fraction of sp³-hybridized carbons (Fsp3) is 0.667. The number of carbonyl (C=O) groups excluding carboxylic acids is 3. The van der Waals surface area contributed by atoms with Crippen LogP contribution in [-0.2, 0) is 14.4 Å². The van der Waals surface area contributed by atoms with E-state index < -0.39 is 11.8 Å². The van der Waals surface area contributed by atoms with Crippen LogP contribution in [0.3, 0.4) is 0 Å². The van der Waals surface area contributed by atoms with Gasteiger partial charge in [-0.15, -0.1) is 0 Å². The minimum atomic E-state index is -0.417. The second kappa shape index (κ2) is 6.59. The van der Waals surface area contributed by atoms with Crippen LogP contribution < -0.4 is 5.32 Å². The Kier molecular flexibility index (Phi) is 6.19. The lowest BCUT2D eigenvalue weighted by Crippen LogP contribution is -2.29. The van der Waals surface area contributed by atoms with Gasteiger partial charge in [0.1, 0.15) is 0 Å². The number of hydrogen-bond acceptors (Lipinski definition) is 4. The average molecular weight is 217 g/mol. The molecule has 0 aliphatic heterocycles. The van der Waals surface area contributed by atoms with E-state index in [1.165, 1.54) is 6.92 Å². The van der Waals surface area contributed by atoms with Gasteiger partial charge in [0.25, 0.3) is 0 Å². The van der Waals surface area contributed by atoms with Crippen LogP contribution in [0, 0.1) is 5.92 Å². The molecule has 0 unspecified atom stereocenters. The van der Waals surface area contributed by atoms with Crippen LogP contribution in [0.5, 0.6) is 0 Å². The Balaban J connectivity index is 3.67. The monoisotopic (exact) mass is 217 g/mol. The van der Waals surface area contributed by atoms with Crippen LogP contribution in [0.4, 0.5) is 0 Å². The standard InChI is InChI=1S/C9H15NO3S/c1-6(2)4-9(13)14-5-8(12)10-7(3)11/h6H,4-5H2,1-3H3,(H,10,11,12). The van der Waals surface area contributed by atoms with Crippen LogP contribution in [0.15, 0.2) is 0 Å². The van der Waals surface area contributed by atoms with Crippen molar-refractivity contribution in [2.45, 2.75) is 27.2 Å². The molecule has 14 heavy (non-hydrogen) atoms. The highest BCUT2D eigenvalue weighted by molar-refractivity contribution is 8.14. The molecule has 0 aliphatic carbocycles. The first-order chi connectivity index (χ1) is 6.41. The third kappa shape index (κ3) is 7.79. The lowest BCUT2D eigenvalue weighted by atomic mass is 10.2. The Bertz CT molecular complexity index is 238. The van der Waals surface area contributed by atoms with Crippen molar-refractivity contribution in [1.82, 2.24) is 5.32 Å². The van der Waals surface area contributed by atoms with Crippen LogP contribution in [-0.4, -0.2) is 22.7 Å². The van der Waals surface area contributed by atoms with Crippen molar-refractivity contribution in [2.24, 2.45) is 5.92 Å². The van der Waals surface area contributed by atoms with Crippen molar-refractivity contribution in [3.63, 3.8) is 0 Å². The average Bonchev–Trinajstić information content (AvgIpc) is 1.98. The van der Waals surface area contributed by atoms with Crippen LogP contribution in [0.1, 0.15) is 27.2 Å². The fourth-order valence-corrected chi connectivity index (χ4v) is 1.59. The van der Waals surface area contributed by atoms with Crippen molar-refractivity contribution in [2.75, 3.05) is 5.75 Å². The number of thioether (sulfide) groups is 1. The highest BCUT2D eigenvalue weighted by Crippen LogP contribution is 2.10. The van der Waals surface area contributed by atoms with Gasteiger partial charge in [0, 0.05) is 13.3 Å². The molecule has 0 spiro atoms. The first kappa shape index (κ1) is 13.2. The van der Waals surface area contributed by atoms with Crippen molar-refractivity contribution < 1.29 is 14.4 Å². The zero-order valence-electron chi connectivity index (χ0n) is 8.62. The van der Waals surface area contributed by atoms with Gasteiger partial charge in [-0.05, 0) is 5.92 Å². The van der Waals surface area contributed by atoms with Gasteiger partial charge in [-0.2, -0.15) is 0 Å². The van der Waals surface area contributed by atoms with Gasteiger partial charge in [0.15, 0.2) is 5.12 Å². The van der Waals surface area contributed by atoms with Crippen LogP contribution in [0.2, 0.25) is 0 Å². The maximum absolute atomic E-state index is 11.1. The molecule has 0 aromatic rings. The number of amides is 2. The quantitative estimate of drug-likeness (QED) is 0.761. The molecule has 0 saturated heterocycles. The summed E-state index contributed by atoms with van der Waals surface area (Å²) in [6, 6.07) is 0. The van der Waals surface area contributed by atoms with Crippen molar-refractivity contribution >= 4 is 28.7 Å². The van der Waals surface area contributed by atoms with E-state index in [0.29, 0.717) is 12.3 Å². The molecule has 0 aliphatic rings. The fourth-order valence-electron chi connectivity index (χ4n) is 0.771. The Morgan fingerprint density at radius 3 is 2.29 bits per heavy atom. The van der Waals surface area contributed by atoms with Gasteiger partial charge in [0.05, 0.1) is 5.75 Å². The molecule has 0 rings (SSSR count). The van der Waals surface area contributed by atoms with Crippen LogP contribution in [0.25, 0.3) is 0 Å². The Hall–Kier alpha value is -0.840. The number of rotatable bonds is 4. The Morgan fingerprint density at radius 2 is 1.86 bits per heavy atom. The van der Waals surface area contributed by atoms with Crippen molar-refractivity contribution in [3.8, 4) is 0 Å². The molecule has 0 saturated carbocycles. The van der Waals surface area contributed by atoms with Gasteiger partial charge in [-0.1, -0.05) is 25.6 Å². The second-order valence-electron chi connectivity index (χ2n) is 3.36. The summed E-state index contributed by atoms with van der Waals surface area (Å²) in [4.78, 5) is 32.5. The minimum absolute atomic E-state index is 0.0151. The molecule has 2 amide bonds.